The van der Waals surface area contributed by atoms with Crippen LogP contribution in [0, 0.1) is 11.8 Å². The van der Waals surface area contributed by atoms with Gasteiger partial charge in [-0.15, -0.1) is 0 Å². The van der Waals surface area contributed by atoms with Gasteiger partial charge in [0.1, 0.15) is 18.0 Å². The molecule has 0 saturated heterocycles. The Morgan fingerprint density at radius 1 is 0.719 bits per heavy atom. The van der Waals surface area contributed by atoms with E-state index in [0.29, 0.717) is 55.0 Å². The summed E-state index contributed by atoms with van der Waals surface area (Å²) in [5, 5.41) is 32.7. The molecule has 2 aromatic heterocycles. The zero-order valence-electron chi connectivity index (χ0n) is 32.5. The Hall–Kier alpha value is -4.30. The summed E-state index contributed by atoms with van der Waals surface area (Å²) in [6, 6.07) is 18.3. The Labute approximate surface area is 358 Å². The molecule has 0 bridgehead atoms. The van der Waals surface area contributed by atoms with Crippen LogP contribution >= 0.6 is 55.1 Å². The summed E-state index contributed by atoms with van der Waals surface area (Å²) in [4.78, 5) is 21.6. The van der Waals surface area contributed by atoms with Crippen molar-refractivity contribution < 1.29 is 29.3 Å². The van der Waals surface area contributed by atoms with Crippen LogP contribution in [0.2, 0.25) is 10.0 Å². The first kappa shape index (κ1) is 43.8. The van der Waals surface area contributed by atoms with Gasteiger partial charge in [-0.3, -0.25) is 19.0 Å². The fourth-order valence-electron chi connectivity index (χ4n) is 6.35. The maximum absolute atomic E-state index is 10.9. The second-order valence-corrected chi connectivity index (χ2v) is 16.8. The van der Waals surface area contributed by atoms with E-state index in [9.17, 15) is 9.59 Å². The largest absolute Gasteiger partial charge is 0.481 e. The molecule has 11 nitrogen and oxygen atoms in total. The summed E-state index contributed by atoms with van der Waals surface area (Å²) in [7, 11) is 0. The van der Waals surface area contributed by atoms with Crippen molar-refractivity contribution in [2.75, 3.05) is 11.9 Å². The number of aliphatic carboxylic acids is 2. The number of carboxylic acids is 2. The number of aryl methyl sites for hydroxylation is 2. The van der Waals surface area contributed by atoms with Crippen LogP contribution in [0.4, 0.5) is 5.69 Å². The van der Waals surface area contributed by atoms with Gasteiger partial charge in [0.05, 0.1) is 36.4 Å². The van der Waals surface area contributed by atoms with Crippen LogP contribution < -0.4 is 14.8 Å². The summed E-state index contributed by atoms with van der Waals surface area (Å²) >= 11 is 19.6. The molecule has 15 heteroatoms. The standard InChI is InChI=1S/C21H23Br2N3O3.C21H22Cl2N2O3/c1-4-19-15-9-14(5-6-18(15)25-26(19)11-12(2)3)29-21-16(22)7-13(8-17(21)23)24-10-20(27)28;1-4-19-15-10-14(5-6-18(15)24-25(19)11-12(2)3)28-21-16(22)7-13(8-17(21)23)9-20(26)27/h5-9,12,24H,4,10-11H2,1-3H3,(H,27,28);5-8,10,12H,4,9,11H2,1-3H3,(H,26,27). The molecular formula is C42H45Br2Cl2N5O6. The van der Waals surface area contributed by atoms with Crippen LogP contribution in [0.25, 0.3) is 21.8 Å². The summed E-state index contributed by atoms with van der Waals surface area (Å²) < 4.78 is 17.7. The monoisotopic (exact) mass is 943 g/mol. The number of carbonyl (C=O) groups is 2. The van der Waals surface area contributed by atoms with Gasteiger partial charge >= 0.3 is 11.9 Å². The lowest BCUT2D eigenvalue weighted by Gasteiger charge is -2.13. The molecular weight excluding hydrogens is 901 g/mol. The summed E-state index contributed by atoms with van der Waals surface area (Å²) in [5.41, 5.74) is 5.43. The van der Waals surface area contributed by atoms with Gasteiger partial charge in [0, 0.05) is 40.9 Å². The van der Waals surface area contributed by atoms with E-state index >= 15 is 0 Å². The first-order chi connectivity index (χ1) is 27.1. The van der Waals surface area contributed by atoms with E-state index in [2.05, 4.69) is 88.1 Å². The smallest absolute Gasteiger partial charge is 0.322 e. The minimum absolute atomic E-state index is 0.152. The van der Waals surface area contributed by atoms with E-state index in [4.69, 9.17) is 53.1 Å². The maximum Gasteiger partial charge on any atom is 0.322 e. The number of halogens is 4. The van der Waals surface area contributed by atoms with Crippen molar-refractivity contribution in [3.63, 3.8) is 0 Å². The van der Waals surface area contributed by atoms with Crippen molar-refractivity contribution in [1.82, 2.24) is 19.6 Å². The quantitative estimate of drug-likeness (QED) is 0.0917. The molecule has 0 atom stereocenters. The highest BCUT2D eigenvalue weighted by Crippen LogP contribution is 2.41. The number of benzene rings is 4. The van der Waals surface area contributed by atoms with E-state index in [-0.39, 0.29) is 23.0 Å². The van der Waals surface area contributed by atoms with Gasteiger partial charge in [0.25, 0.3) is 0 Å². The van der Waals surface area contributed by atoms with E-state index in [0.717, 1.165) is 53.4 Å². The van der Waals surface area contributed by atoms with Gasteiger partial charge in [-0.2, -0.15) is 10.2 Å². The third-order valence-corrected chi connectivity index (χ3v) is 10.4. The number of nitrogens with one attached hydrogen (secondary N) is 1. The molecule has 6 aromatic rings. The molecule has 0 aliphatic heterocycles. The van der Waals surface area contributed by atoms with Gasteiger partial charge in [-0.25, -0.2) is 0 Å². The first-order valence-electron chi connectivity index (χ1n) is 18.6. The molecule has 57 heavy (non-hydrogen) atoms. The lowest BCUT2D eigenvalue weighted by atomic mass is 10.1. The number of rotatable bonds is 15. The molecule has 0 aliphatic carbocycles. The molecule has 0 radical (unpaired) electrons. The Bertz CT molecular complexity index is 2370. The third kappa shape index (κ3) is 11.2. The topological polar surface area (TPSA) is 141 Å². The molecule has 0 amide bonds. The number of fused-ring (bicyclic) bond motifs is 2. The third-order valence-electron chi connectivity index (χ3n) is 8.68. The van der Waals surface area contributed by atoms with Gasteiger partial charge in [0.2, 0.25) is 0 Å². The van der Waals surface area contributed by atoms with Gasteiger partial charge in [0.15, 0.2) is 11.5 Å². The molecule has 6 rings (SSSR count). The number of ether oxygens (including phenoxy) is 2. The van der Waals surface area contributed by atoms with E-state index in [1.807, 2.05) is 36.4 Å². The van der Waals surface area contributed by atoms with Crippen LogP contribution in [-0.2, 0) is 41.9 Å². The number of anilines is 1. The minimum atomic E-state index is -0.947. The van der Waals surface area contributed by atoms with Crippen LogP contribution in [0.5, 0.6) is 23.0 Å². The molecule has 3 N–H and O–H groups in total. The van der Waals surface area contributed by atoms with Crippen molar-refractivity contribution in [2.24, 2.45) is 11.8 Å². The Kier molecular flexibility index (Phi) is 14.9. The lowest BCUT2D eigenvalue weighted by molar-refractivity contribution is -0.136. The van der Waals surface area contributed by atoms with Gasteiger partial charge in [-0.05, 0) is 123 Å². The number of hydrogen-bond acceptors (Lipinski definition) is 7. The first-order valence-corrected chi connectivity index (χ1v) is 20.9. The lowest BCUT2D eigenvalue weighted by Crippen LogP contribution is -2.12. The Morgan fingerprint density at radius 3 is 1.58 bits per heavy atom. The summed E-state index contributed by atoms with van der Waals surface area (Å²) in [6.45, 7) is 14.5. The van der Waals surface area contributed by atoms with Gasteiger partial charge < -0.3 is 25.0 Å². The maximum atomic E-state index is 10.9. The second kappa shape index (κ2) is 19.4. The average Bonchev–Trinajstić information content (AvgIpc) is 3.65. The van der Waals surface area contributed by atoms with Crippen molar-refractivity contribution in [2.45, 2.75) is 73.9 Å². The minimum Gasteiger partial charge on any atom is -0.481 e. The van der Waals surface area contributed by atoms with Gasteiger partial charge in [-0.1, -0.05) is 64.7 Å². The van der Waals surface area contributed by atoms with Crippen molar-refractivity contribution >= 4 is 94.5 Å². The molecule has 4 aromatic carbocycles. The normalized spacial score (nSPS) is 11.3. The highest BCUT2D eigenvalue weighted by molar-refractivity contribution is 9.11. The highest BCUT2D eigenvalue weighted by Gasteiger charge is 2.17. The fourth-order valence-corrected chi connectivity index (χ4v) is 8.31. The van der Waals surface area contributed by atoms with Crippen molar-refractivity contribution in [1.29, 1.82) is 0 Å². The van der Waals surface area contributed by atoms with Crippen LogP contribution in [0.1, 0.15) is 58.5 Å². The summed E-state index contributed by atoms with van der Waals surface area (Å²) in [6.07, 6.45) is 1.60. The Morgan fingerprint density at radius 2 is 1.18 bits per heavy atom. The predicted molar refractivity (Wildman–Crippen MR) is 234 cm³/mol. The molecule has 0 fully saturated rings. The second-order valence-electron chi connectivity index (χ2n) is 14.3. The highest BCUT2D eigenvalue weighted by atomic mass is 79.9. The van der Waals surface area contributed by atoms with E-state index in [1.54, 1.807) is 24.3 Å². The number of carboxylic acid groups (broad SMARTS) is 2. The molecule has 302 valence electrons. The molecule has 0 spiro atoms. The van der Waals surface area contributed by atoms with Crippen LogP contribution in [0.15, 0.2) is 69.6 Å². The van der Waals surface area contributed by atoms with E-state index in [1.165, 1.54) is 5.69 Å². The average molecular weight is 947 g/mol. The molecule has 0 aliphatic rings. The van der Waals surface area contributed by atoms with E-state index < -0.39 is 11.9 Å². The van der Waals surface area contributed by atoms with Crippen molar-refractivity contribution in [3.05, 3.63) is 96.6 Å². The number of nitrogens with zero attached hydrogens (tertiary/aromatic N) is 4. The van der Waals surface area contributed by atoms with Crippen LogP contribution in [-0.4, -0.2) is 48.3 Å². The van der Waals surface area contributed by atoms with Crippen LogP contribution in [0.3, 0.4) is 0 Å². The predicted octanol–water partition coefficient (Wildman–Crippen LogP) is 12.0. The van der Waals surface area contributed by atoms with Crippen molar-refractivity contribution in [3.8, 4) is 23.0 Å². The zero-order chi connectivity index (χ0) is 41.6. The Balaban J connectivity index is 0.000000218. The number of hydrogen-bond donors (Lipinski definition) is 3. The summed E-state index contributed by atoms with van der Waals surface area (Å²) in [5.74, 6) is 1.39. The molecule has 0 saturated carbocycles. The zero-order valence-corrected chi connectivity index (χ0v) is 37.2. The fraction of sp³-hybridized carbons (Fsp3) is 0.333. The molecule has 0 unspecified atom stereocenters. The number of aromatic nitrogens is 4. The molecule has 2 heterocycles. The SMILES string of the molecule is CCc1c2cc(Oc3c(Br)cc(NCC(=O)O)cc3Br)ccc2nn1CC(C)C.CCc1c2cc(Oc3c(Cl)cc(CC(=O)O)cc3Cl)ccc2nn1CC(C)C.